The van der Waals surface area contributed by atoms with Crippen molar-refractivity contribution in [3.63, 3.8) is 0 Å². The van der Waals surface area contributed by atoms with Crippen molar-refractivity contribution >= 4 is 29.7 Å². The van der Waals surface area contributed by atoms with Crippen molar-refractivity contribution in [3.8, 4) is 0 Å². The van der Waals surface area contributed by atoms with Crippen molar-refractivity contribution in [2.24, 2.45) is 11.5 Å². The van der Waals surface area contributed by atoms with E-state index in [1.54, 1.807) is 0 Å². The van der Waals surface area contributed by atoms with E-state index < -0.39 is 60.2 Å². The summed E-state index contributed by atoms with van der Waals surface area (Å²) in [6, 6.07) is 4.27. The number of unbranched alkanes of at least 4 members (excludes halogenated alkanes) is 1. The second-order valence-corrected chi connectivity index (χ2v) is 9.32. The number of aromatic nitrogens is 2. The highest BCUT2D eigenvalue weighted by Crippen LogP contribution is 2.07. The molecule has 14 nitrogen and oxygen atoms in total. The molecule has 4 unspecified atom stereocenters. The van der Waals surface area contributed by atoms with E-state index in [1.807, 2.05) is 30.3 Å². The summed E-state index contributed by atoms with van der Waals surface area (Å²) in [7, 11) is 0. The minimum atomic E-state index is -1.38. The number of nitrogens with two attached hydrogens (primary N) is 2. The molecule has 0 bridgehead atoms. The number of hydrogen-bond acceptors (Lipinski definition) is 8. The van der Waals surface area contributed by atoms with Crippen molar-refractivity contribution in [3.05, 3.63) is 54.1 Å². The molecule has 0 aliphatic rings. The van der Waals surface area contributed by atoms with Crippen LogP contribution in [0.1, 0.15) is 43.4 Å². The van der Waals surface area contributed by atoms with E-state index in [2.05, 4.69) is 25.9 Å². The highest BCUT2D eigenvalue weighted by Gasteiger charge is 2.31. The van der Waals surface area contributed by atoms with Crippen molar-refractivity contribution in [2.75, 3.05) is 6.54 Å². The van der Waals surface area contributed by atoms with Crippen LogP contribution in [0.5, 0.6) is 0 Å². The molecule has 0 aliphatic carbocycles. The van der Waals surface area contributed by atoms with Gasteiger partial charge < -0.3 is 42.6 Å². The van der Waals surface area contributed by atoms with Crippen molar-refractivity contribution in [1.82, 2.24) is 25.9 Å². The van der Waals surface area contributed by atoms with Gasteiger partial charge in [-0.3, -0.25) is 19.2 Å². The van der Waals surface area contributed by atoms with Crippen LogP contribution in [0.4, 0.5) is 0 Å². The van der Waals surface area contributed by atoms with Gasteiger partial charge in [0.25, 0.3) is 0 Å². The summed E-state index contributed by atoms with van der Waals surface area (Å²) in [6.07, 6.45) is 3.38. The molecular weight excluding hydrogens is 522 g/mol. The van der Waals surface area contributed by atoms with Gasteiger partial charge in [0.2, 0.25) is 17.7 Å². The molecule has 1 aromatic carbocycles. The zero-order valence-electron chi connectivity index (χ0n) is 22.0. The standard InChI is InChI=1S/C26H37N7O7/c27-11-5-4-8-20(26(39)40)32-24(37)19(9-10-22(34)35)31-25(38)21(13-17-14-29-15-30-17)33-23(36)18(28)12-16-6-2-1-3-7-16/h1-3,6-7,14-15,18-21H,4-5,8-13,27-28H2,(H,29,30)(H,31,38)(H,32,37)(H,33,36)(H,34,35)(H,39,40). The molecule has 218 valence electrons. The summed E-state index contributed by atoms with van der Waals surface area (Å²) < 4.78 is 0. The highest BCUT2D eigenvalue weighted by molar-refractivity contribution is 5.94. The number of rotatable bonds is 18. The lowest BCUT2D eigenvalue weighted by Crippen LogP contribution is -2.57. The van der Waals surface area contributed by atoms with Gasteiger partial charge in [0.05, 0.1) is 12.4 Å². The fourth-order valence-electron chi connectivity index (χ4n) is 3.90. The third-order valence-corrected chi connectivity index (χ3v) is 6.09. The topological polar surface area (TPSA) is 243 Å². The van der Waals surface area contributed by atoms with Crippen LogP contribution in [-0.4, -0.2) is 80.6 Å². The number of aliphatic carboxylic acids is 2. The number of amides is 3. The van der Waals surface area contributed by atoms with Gasteiger partial charge in [0, 0.05) is 24.7 Å². The predicted octanol–water partition coefficient (Wildman–Crippen LogP) is -0.945. The molecule has 10 N–H and O–H groups in total. The van der Waals surface area contributed by atoms with Gasteiger partial charge in [0.1, 0.15) is 18.1 Å². The number of benzene rings is 1. The molecule has 2 aromatic rings. The number of carbonyl (C=O) groups is 5. The van der Waals surface area contributed by atoms with Crippen LogP contribution >= 0.6 is 0 Å². The monoisotopic (exact) mass is 559 g/mol. The maximum absolute atomic E-state index is 13.3. The van der Waals surface area contributed by atoms with Gasteiger partial charge >= 0.3 is 11.9 Å². The lowest BCUT2D eigenvalue weighted by molar-refractivity contribution is -0.143. The van der Waals surface area contributed by atoms with E-state index >= 15 is 0 Å². The lowest BCUT2D eigenvalue weighted by Gasteiger charge is -2.25. The lowest BCUT2D eigenvalue weighted by atomic mass is 10.0. The molecule has 40 heavy (non-hydrogen) atoms. The first-order valence-electron chi connectivity index (χ1n) is 12.9. The Morgan fingerprint density at radius 3 is 2.10 bits per heavy atom. The number of imidazole rings is 1. The molecule has 0 spiro atoms. The van der Waals surface area contributed by atoms with Gasteiger partial charge in [-0.25, -0.2) is 9.78 Å². The molecule has 3 amide bonds. The van der Waals surface area contributed by atoms with E-state index in [1.165, 1.54) is 12.5 Å². The van der Waals surface area contributed by atoms with Crippen molar-refractivity contribution < 1.29 is 34.2 Å². The predicted molar refractivity (Wildman–Crippen MR) is 144 cm³/mol. The largest absolute Gasteiger partial charge is 0.481 e. The number of hydrogen-bond donors (Lipinski definition) is 8. The van der Waals surface area contributed by atoms with E-state index in [0.717, 1.165) is 5.56 Å². The third kappa shape index (κ3) is 11.2. The highest BCUT2D eigenvalue weighted by atomic mass is 16.4. The molecule has 1 heterocycles. The molecular formula is C26H37N7O7. The number of carbonyl (C=O) groups excluding carboxylic acids is 3. The first kappa shape index (κ1) is 31.9. The van der Waals surface area contributed by atoms with E-state index in [0.29, 0.717) is 25.1 Å². The molecule has 0 aliphatic heterocycles. The SMILES string of the molecule is NCCCCC(NC(=O)C(CCC(=O)O)NC(=O)C(Cc1cnc[nH]1)NC(=O)C(N)Cc1ccccc1)C(=O)O. The first-order valence-corrected chi connectivity index (χ1v) is 12.9. The van der Waals surface area contributed by atoms with E-state index in [4.69, 9.17) is 16.6 Å². The summed E-state index contributed by atoms with van der Waals surface area (Å²) in [5.41, 5.74) is 12.9. The Morgan fingerprint density at radius 2 is 1.50 bits per heavy atom. The van der Waals surface area contributed by atoms with Crippen LogP contribution in [0, 0.1) is 0 Å². The number of carboxylic acid groups (broad SMARTS) is 2. The average molecular weight is 560 g/mol. The van der Waals surface area contributed by atoms with E-state index in [-0.39, 0.29) is 25.7 Å². The zero-order chi connectivity index (χ0) is 29.5. The number of nitrogens with zero attached hydrogens (tertiary/aromatic N) is 1. The number of carboxylic acids is 2. The number of H-pyrrole nitrogens is 1. The Kier molecular flexibility index (Phi) is 13.3. The normalized spacial score (nSPS) is 13.8. The Hall–Kier alpha value is -4.30. The summed E-state index contributed by atoms with van der Waals surface area (Å²) in [6.45, 7) is 0.357. The van der Waals surface area contributed by atoms with Gasteiger partial charge in [-0.15, -0.1) is 0 Å². The molecule has 0 radical (unpaired) electrons. The van der Waals surface area contributed by atoms with Gasteiger partial charge in [-0.2, -0.15) is 0 Å². The smallest absolute Gasteiger partial charge is 0.326 e. The minimum Gasteiger partial charge on any atom is -0.481 e. The van der Waals surface area contributed by atoms with Crippen LogP contribution in [0.3, 0.4) is 0 Å². The number of aromatic amines is 1. The summed E-state index contributed by atoms with van der Waals surface area (Å²) in [4.78, 5) is 68.8. The second-order valence-electron chi connectivity index (χ2n) is 9.32. The minimum absolute atomic E-state index is 0.0280. The van der Waals surface area contributed by atoms with Gasteiger partial charge in [-0.1, -0.05) is 30.3 Å². The van der Waals surface area contributed by atoms with Crippen LogP contribution in [0.15, 0.2) is 42.9 Å². The van der Waals surface area contributed by atoms with Crippen LogP contribution < -0.4 is 27.4 Å². The second kappa shape index (κ2) is 16.6. The Bertz CT molecular complexity index is 1110. The molecule has 2 rings (SSSR count). The third-order valence-electron chi connectivity index (χ3n) is 6.09. The Labute approximate surface area is 231 Å². The van der Waals surface area contributed by atoms with Crippen molar-refractivity contribution in [2.45, 2.75) is 69.1 Å². The Morgan fingerprint density at radius 1 is 0.850 bits per heavy atom. The van der Waals surface area contributed by atoms with Crippen LogP contribution in [0.2, 0.25) is 0 Å². The Balaban J connectivity index is 2.17. The first-order chi connectivity index (χ1) is 19.1. The maximum Gasteiger partial charge on any atom is 0.326 e. The molecule has 1 aromatic heterocycles. The molecule has 0 fully saturated rings. The summed E-state index contributed by atoms with van der Waals surface area (Å²) in [5.74, 6) is -4.73. The molecule has 0 saturated heterocycles. The molecule has 4 atom stereocenters. The van der Waals surface area contributed by atoms with E-state index in [9.17, 15) is 29.1 Å². The van der Waals surface area contributed by atoms with Gasteiger partial charge in [-0.05, 0) is 44.2 Å². The fourth-order valence-corrected chi connectivity index (χ4v) is 3.90. The molecule has 14 heteroatoms. The average Bonchev–Trinajstić information content (AvgIpc) is 3.43. The zero-order valence-corrected chi connectivity index (χ0v) is 22.0. The summed E-state index contributed by atoms with van der Waals surface area (Å²) >= 11 is 0. The van der Waals surface area contributed by atoms with Crippen LogP contribution in [0.25, 0.3) is 0 Å². The maximum atomic E-state index is 13.3. The van der Waals surface area contributed by atoms with Crippen LogP contribution in [-0.2, 0) is 36.8 Å². The molecule has 0 saturated carbocycles. The fraction of sp³-hybridized carbons (Fsp3) is 0.462. The van der Waals surface area contributed by atoms with Crippen molar-refractivity contribution in [1.29, 1.82) is 0 Å². The van der Waals surface area contributed by atoms with Gasteiger partial charge in [0.15, 0.2) is 0 Å². The summed E-state index contributed by atoms with van der Waals surface area (Å²) in [5, 5.41) is 26.1. The number of nitrogens with one attached hydrogen (secondary N) is 4. The quantitative estimate of drug-likeness (QED) is 0.104.